The molecule has 3 N–H and O–H groups in total. The van der Waals surface area contributed by atoms with Crippen molar-refractivity contribution in [3.63, 3.8) is 0 Å². The van der Waals surface area contributed by atoms with Gasteiger partial charge in [-0.05, 0) is 62.6 Å². The predicted molar refractivity (Wildman–Crippen MR) is 126 cm³/mol. The fourth-order valence-electron chi connectivity index (χ4n) is 3.68. The van der Waals surface area contributed by atoms with E-state index in [-0.39, 0.29) is 0 Å². The Bertz CT molecular complexity index is 772. The summed E-state index contributed by atoms with van der Waals surface area (Å²) < 4.78 is 18.1. The van der Waals surface area contributed by atoms with E-state index in [1.54, 1.807) is 24.3 Å². The number of nitrogens with one attached hydrogen (secondary N) is 1. The predicted octanol–water partition coefficient (Wildman–Crippen LogP) is 5.34. The number of hydrogen-bond donors (Lipinski definition) is 2. The molecule has 2 rings (SSSR count). The van der Waals surface area contributed by atoms with Gasteiger partial charge in [-0.3, -0.25) is 0 Å². The molecule has 0 bridgehead atoms. The molecule has 9 heteroatoms. The molecule has 0 saturated carbocycles. The summed E-state index contributed by atoms with van der Waals surface area (Å²) in [6, 6.07) is 14.4. The van der Waals surface area contributed by atoms with Crippen LogP contribution in [0.2, 0.25) is 16.1 Å². The SMILES string of the molecule is CCO[Si](CCC(NC(N)=O)(c1ccc(Cl)cc1)c1ccc(Cl)cc1)(OCC)OCC. The lowest BCUT2D eigenvalue weighted by molar-refractivity contribution is 0.0690. The smallest absolute Gasteiger partial charge is 0.374 e. The summed E-state index contributed by atoms with van der Waals surface area (Å²) in [5, 5.41) is 4.16. The van der Waals surface area contributed by atoms with E-state index in [4.69, 9.17) is 42.2 Å². The number of amides is 2. The molecule has 2 aromatic rings. The second-order valence-electron chi connectivity index (χ2n) is 6.89. The van der Waals surface area contributed by atoms with Crippen LogP contribution in [0.4, 0.5) is 4.79 Å². The highest BCUT2D eigenvalue weighted by molar-refractivity contribution is 6.60. The molecule has 0 aromatic heterocycles. The summed E-state index contributed by atoms with van der Waals surface area (Å²) in [6.07, 6.45) is 0.436. The normalized spacial score (nSPS) is 12.0. The van der Waals surface area contributed by atoms with Gasteiger partial charge in [0.1, 0.15) is 0 Å². The highest BCUT2D eigenvalue weighted by Crippen LogP contribution is 2.38. The summed E-state index contributed by atoms with van der Waals surface area (Å²) in [4.78, 5) is 12.2. The average molecular weight is 485 g/mol. The van der Waals surface area contributed by atoms with Crippen LogP contribution < -0.4 is 11.1 Å². The lowest BCUT2D eigenvalue weighted by Gasteiger charge is -2.38. The fraction of sp³-hybridized carbons (Fsp3) is 0.409. The van der Waals surface area contributed by atoms with Gasteiger partial charge in [-0.2, -0.15) is 0 Å². The molecule has 2 aromatic carbocycles. The molecule has 0 atom stereocenters. The van der Waals surface area contributed by atoms with Crippen molar-refractivity contribution in [1.82, 2.24) is 5.32 Å². The minimum atomic E-state index is -2.99. The van der Waals surface area contributed by atoms with Crippen LogP contribution in [0.5, 0.6) is 0 Å². The molecule has 0 saturated heterocycles. The van der Waals surface area contributed by atoms with Gasteiger partial charge in [0.2, 0.25) is 0 Å². The van der Waals surface area contributed by atoms with Gasteiger partial charge in [0, 0.05) is 35.9 Å². The van der Waals surface area contributed by atoms with E-state index in [1.807, 2.05) is 45.0 Å². The number of nitrogens with two attached hydrogens (primary N) is 1. The molecule has 0 heterocycles. The third-order valence-corrected chi connectivity index (χ3v) is 8.46. The number of carbonyl (C=O) groups excluding carboxylic acids is 1. The molecule has 0 unspecified atom stereocenters. The zero-order valence-electron chi connectivity index (χ0n) is 18.1. The Morgan fingerprint density at radius 3 is 1.58 bits per heavy atom. The summed E-state index contributed by atoms with van der Waals surface area (Å²) in [5.41, 5.74) is 6.34. The first-order valence-corrected chi connectivity index (χ1v) is 13.0. The van der Waals surface area contributed by atoms with Gasteiger partial charge >= 0.3 is 14.8 Å². The summed E-state index contributed by atoms with van der Waals surface area (Å²) in [6.45, 7) is 7.12. The van der Waals surface area contributed by atoms with Crippen molar-refractivity contribution in [2.24, 2.45) is 5.73 Å². The van der Waals surface area contributed by atoms with Crippen LogP contribution in [-0.4, -0.2) is 34.7 Å². The van der Waals surface area contributed by atoms with Crippen LogP contribution in [0.25, 0.3) is 0 Å². The van der Waals surface area contributed by atoms with Gasteiger partial charge in [0.25, 0.3) is 0 Å². The topological polar surface area (TPSA) is 82.8 Å². The van der Waals surface area contributed by atoms with Crippen LogP contribution >= 0.6 is 23.2 Å². The van der Waals surface area contributed by atoms with Crippen molar-refractivity contribution in [3.05, 3.63) is 69.7 Å². The second kappa shape index (κ2) is 11.9. The lowest BCUT2D eigenvalue weighted by atomic mass is 9.80. The van der Waals surface area contributed by atoms with Crippen molar-refractivity contribution in [1.29, 1.82) is 0 Å². The summed E-state index contributed by atoms with van der Waals surface area (Å²) in [7, 11) is -2.99. The third kappa shape index (κ3) is 6.68. The van der Waals surface area contributed by atoms with Gasteiger partial charge < -0.3 is 24.3 Å². The zero-order valence-corrected chi connectivity index (χ0v) is 20.6. The number of halogens is 2. The molecule has 0 aliphatic carbocycles. The minimum Gasteiger partial charge on any atom is -0.374 e. The summed E-state index contributed by atoms with van der Waals surface area (Å²) in [5.74, 6) is 0. The number of carbonyl (C=O) groups is 1. The second-order valence-corrected chi connectivity index (χ2v) is 10.5. The minimum absolute atomic E-state index is 0.436. The maximum Gasteiger partial charge on any atom is 0.501 e. The van der Waals surface area contributed by atoms with E-state index in [2.05, 4.69) is 5.32 Å². The van der Waals surface area contributed by atoms with E-state index >= 15 is 0 Å². The molecule has 0 aliphatic rings. The van der Waals surface area contributed by atoms with Crippen molar-refractivity contribution in [2.75, 3.05) is 19.8 Å². The molecule has 6 nitrogen and oxygen atoms in total. The maximum atomic E-state index is 12.2. The molecular weight excluding hydrogens is 455 g/mol. The van der Waals surface area contributed by atoms with Crippen molar-refractivity contribution in [2.45, 2.75) is 38.8 Å². The third-order valence-electron chi connectivity index (χ3n) is 4.91. The van der Waals surface area contributed by atoms with E-state index in [0.29, 0.717) is 42.3 Å². The molecule has 0 fully saturated rings. The van der Waals surface area contributed by atoms with Crippen molar-refractivity contribution >= 4 is 38.0 Å². The number of rotatable bonds is 12. The van der Waals surface area contributed by atoms with Gasteiger partial charge in [0.15, 0.2) is 0 Å². The molecule has 0 aliphatic heterocycles. The fourth-order valence-corrected chi connectivity index (χ4v) is 6.62. The van der Waals surface area contributed by atoms with Gasteiger partial charge in [-0.15, -0.1) is 0 Å². The van der Waals surface area contributed by atoms with Crippen molar-refractivity contribution in [3.8, 4) is 0 Å². The monoisotopic (exact) mass is 484 g/mol. The van der Waals surface area contributed by atoms with Crippen LogP contribution in [0.3, 0.4) is 0 Å². The molecule has 0 spiro atoms. The first kappa shape index (κ1) is 25.6. The van der Waals surface area contributed by atoms with Crippen LogP contribution in [0.1, 0.15) is 38.3 Å². The van der Waals surface area contributed by atoms with Crippen LogP contribution in [-0.2, 0) is 18.8 Å². The highest BCUT2D eigenvalue weighted by atomic mass is 35.5. The molecule has 0 radical (unpaired) electrons. The Balaban J connectivity index is 2.59. The van der Waals surface area contributed by atoms with Gasteiger partial charge in [-0.25, -0.2) is 4.79 Å². The van der Waals surface area contributed by atoms with Crippen LogP contribution in [0, 0.1) is 0 Å². The quantitative estimate of drug-likeness (QED) is 0.398. The highest BCUT2D eigenvalue weighted by Gasteiger charge is 2.45. The summed E-state index contributed by atoms with van der Waals surface area (Å²) >= 11 is 12.3. The Hall–Kier alpha value is -1.61. The molecule has 2 amide bonds. The first-order chi connectivity index (χ1) is 14.8. The number of urea groups is 1. The number of primary amides is 1. The first-order valence-electron chi connectivity index (χ1n) is 10.3. The van der Waals surface area contributed by atoms with Crippen LogP contribution in [0.15, 0.2) is 48.5 Å². The Labute approximate surface area is 195 Å². The molecule has 170 valence electrons. The van der Waals surface area contributed by atoms with E-state index in [9.17, 15) is 4.79 Å². The molecule has 31 heavy (non-hydrogen) atoms. The largest absolute Gasteiger partial charge is 0.501 e. The Kier molecular flexibility index (Phi) is 9.80. The Morgan fingerprint density at radius 2 is 1.26 bits per heavy atom. The van der Waals surface area contributed by atoms with E-state index in [1.165, 1.54) is 0 Å². The zero-order chi connectivity index (χ0) is 22.9. The van der Waals surface area contributed by atoms with E-state index in [0.717, 1.165) is 11.1 Å². The lowest BCUT2D eigenvalue weighted by Crippen LogP contribution is -2.52. The van der Waals surface area contributed by atoms with Gasteiger partial charge in [-0.1, -0.05) is 47.5 Å². The average Bonchev–Trinajstić information content (AvgIpc) is 2.73. The number of hydrogen-bond acceptors (Lipinski definition) is 4. The number of benzene rings is 2. The standard InChI is InChI=1S/C22H30Cl2N2O4Si/c1-4-28-31(29-5-2,30-6-3)16-15-22(26-21(25)27,17-7-11-19(23)12-8-17)18-9-13-20(24)14-10-18/h7-14H,4-6,15-16H2,1-3H3,(H3,25,26,27). The Morgan fingerprint density at radius 1 is 0.871 bits per heavy atom. The molecular formula is C22H30Cl2N2O4Si. The van der Waals surface area contributed by atoms with E-state index < -0.39 is 20.4 Å². The maximum absolute atomic E-state index is 12.2. The van der Waals surface area contributed by atoms with Gasteiger partial charge in [0.05, 0.1) is 5.54 Å². The van der Waals surface area contributed by atoms with Crippen molar-refractivity contribution < 1.29 is 18.1 Å².